The van der Waals surface area contributed by atoms with Crippen LogP contribution in [0.1, 0.15) is 80.7 Å². The van der Waals surface area contributed by atoms with Crippen LogP contribution in [0.25, 0.3) is 32.9 Å². The van der Waals surface area contributed by atoms with Crippen molar-refractivity contribution in [1.29, 1.82) is 0 Å². The molecule has 6 aromatic rings. The van der Waals surface area contributed by atoms with E-state index in [0.717, 1.165) is 60.9 Å². The quantitative estimate of drug-likeness (QED) is 0.127. The molecule has 0 saturated carbocycles. The molecule has 1 amide bonds. The zero-order valence-electron chi connectivity index (χ0n) is 34.5. The smallest absolute Gasteiger partial charge is 0.352 e. The van der Waals surface area contributed by atoms with Gasteiger partial charge in [0.1, 0.15) is 29.1 Å². The molecule has 0 radical (unpaired) electrons. The Hall–Kier alpha value is -5.30. The maximum absolute atomic E-state index is 15.5. The third-order valence-corrected chi connectivity index (χ3v) is 12.5. The second-order valence-electron chi connectivity index (χ2n) is 15.6. The van der Waals surface area contributed by atoms with Gasteiger partial charge >= 0.3 is 5.97 Å². The molecule has 0 bridgehead atoms. The van der Waals surface area contributed by atoms with E-state index in [9.17, 15) is 9.90 Å². The summed E-state index contributed by atoms with van der Waals surface area (Å²) in [5.41, 5.74) is 8.38. The molecular weight excluding hydrogens is 793 g/mol. The molecule has 8 rings (SSSR count). The number of carboxylic acids is 1. The molecule has 12 nitrogen and oxygen atoms in total. The molecule has 1 saturated heterocycles. The van der Waals surface area contributed by atoms with Crippen LogP contribution in [0, 0.1) is 34.6 Å². The summed E-state index contributed by atoms with van der Waals surface area (Å²) in [7, 11) is 3.22. The first-order valence-corrected chi connectivity index (χ1v) is 20.5. The number of carbonyl (C=O) groups excluding carboxylic acids is 1. The average molecular weight is 841 g/mol. The summed E-state index contributed by atoms with van der Waals surface area (Å²) in [5, 5.41) is 12.9. The van der Waals surface area contributed by atoms with Crippen molar-refractivity contribution in [2.45, 2.75) is 73.0 Å². The fourth-order valence-electron chi connectivity index (χ4n) is 9.02. The zero-order valence-corrected chi connectivity index (χ0v) is 36.0. The van der Waals surface area contributed by atoms with Crippen molar-refractivity contribution >= 4 is 62.6 Å². The lowest BCUT2D eigenvalue weighted by atomic mass is 9.97. The van der Waals surface area contributed by atoms with Crippen molar-refractivity contribution < 1.29 is 33.6 Å². The minimum Gasteiger partial charge on any atom is -0.494 e. The number of aromatic nitrogens is 4. The van der Waals surface area contributed by atoms with Crippen molar-refractivity contribution in [3.05, 3.63) is 91.7 Å². The highest BCUT2D eigenvalue weighted by atomic mass is 35.5. The number of amides is 1. The summed E-state index contributed by atoms with van der Waals surface area (Å²) in [5.74, 6) is 0.848. The van der Waals surface area contributed by atoms with Gasteiger partial charge in [0.2, 0.25) is 0 Å². The molecule has 2 aliphatic heterocycles. The van der Waals surface area contributed by atoms with Crippen LogP contribution in [0.5, 0.6) is 17.2 Å². The normalized spacial score (nSPS) is 16.6. The molecule has 0 unspecified atom stereocenters. The Morgan fingerprint density at radius 2 is 1.69 bits per heavy atom. The Balaban J connectivity index is 1.31. The molecule has 3 aromatic heterocycles. The fourth-order valence-corrected chi connectivity index (χ4v) is 9.37. The number of rotatable bonds is 11. The molecule has 2 aliphatic rings. The number of nitrogens with zero attached hydrogens (tertiary/aromatic N) is 5. The van der Waals surface area contributed by atoms with Crippen LogP contribution in [0.2, 0.25) is 10.0 Å². The van der Waals surface area contributed by atoms with Gasteiger partial charge in [0.15, 0.2) is 11.5 Å². The Labute approximate surface area is 352 Å². The van der Waals surface area contributed by atoms with Gasteiger partial charge in [-0.15, -0.1) is 0 Å². The van der Waals surface area contributed by atoms with Crippen molar-refractivity contribution in [1.82, 2.24) is 19.1 Å². The van der Waals surface area contributed by atoms with E-state index < -0.39 is 5.97 Å². The molecule has 1 N–H and O–H groups in total. The third-order valence-electron chi connectivity index (χ3n) is 11.5. The third kappa shape index (κ3) is 6.94. The van der Waals surface area contributed by atoms with E-state index in [-0.39, 0.29) is 30.3 Å². The van der Waals surface area contributed by atoms with E-state index in [1.54, 1.807) is 28.6 Å². The minimum absolute atomic E-state index is 0.0459. The van der Waals surface area contributed by atoms with Gasteiger partial charge in [-0.1, -0.05) is 29.3 Å². The molecule has 59 heavy (non-hydrogen) atoms. The maximum atomic E-state index is 15.5. The Bertz CT molecular complexity index is 2650. The highest BCUT2D eigenvalue weighted by molar-refractivity contribution is 6.35. The highest BCUT2D eigenvalue weighted by Gasteiger charge is 2.39. The number of carbonyl (C=O) groups is 2. The standard InChI is InChI=1S/C45H47Cl2N5O7/c1-22-16-29(17-23(2)39(22)47)58-14-9-10-30-31-11-12-33(46)38(37-25(4)48-27(6)49-26(37)5)41(31)52-24(3)20-51(44(53)42(30)52)34-19-36(59-28-13-15-57-21-28)43(56-8)32-18-35(45(54)55)50(7)40(32)34/h11-12,16-19,24,28H,9-10,13-15,20-21H2,1-8H3,(H,54,55)/t24-,28+/m1/s1. The number of hydrogen-bond donors (Lipinski definition) is 1. The van der Waals surface area contributed by atoms with Gasteiger partial charge in [0, 0.05) is 70.4 Å². The van der Waals surface area contributed by atoms with Crippen LogP contribution < -0.4 is 19.1 Å². The summed E-state index contributed by atoms with van der Waals surface area (Å²) in [6.07, 6.45) is 1.57. The van der Waals surface area contributed by atoms with E-state index in [0.29, 0.717) is 83.7 Å². The lowest BCUT2D eigenvalue weighted by Crippen LogP contribution is -2.43. The molecule has 3 aromatic carbocycles. The number of anilines is 1. The first-order chi connectivity index (χ1) is 28.2. The SMILES string of the molecule is COc1c(O[C@H]2CCOC2)cc(N2C[C@@H](C)n3c(c(CCCOc4cc(C)c(Cl)c(C)c4)c4ccc(Cl)c(-c5c(C)nc(C)nc5C)c43)C2=O)c2c1cc(C(=O)O)n2C. The van der Waals surface area contributed by atoms with E-state index in [1.165, 1.54) is 7.11 Å². The van der Waals surface area contributed by atoms with E-state index in [2.05, 4.69) is 11.5 Å². The summed E-state index contributed by atoms with van der Waals surface area (Å²) in [4.78, 5) is 39.3. The maximum Gasteiger partial charge on any atom is 0.352 e. The second-order valence-corrected chi connectivity index (χ2v) is 16.4. The Kier molecular flexibility index (Phi) is 10.8. The van der Waals surface area contributed by atoms with Crippen LogP contribution >= 0.6 is 23.2 Å². The van der Waals surface area contributed by atoms with E-state index >= 15 is 4.79 Å². The zero-order chi connectivity index (χ0) is 42.0. The van der Waals surface area contributed by atoms with Gasteiger partial charge in [-0.05, 0) is 95.3 Å². The lowest BCUT2D eigenvalue weighted by Gasteiger charge is -2.35. The van der Waals surface area contributed by atoms with Crippen LogP contribution in [0.4, 0.5) is 5.69 Å². The molecule has 1 fully saturated rings. The fraction of sp³-hybridized carbons (Fsp3) is 0.378. The van der Waals surface area contributed by atoms with Gasteiger partial charge in [-0.3, -0.25) is 4.79 Å². The number of methoxy groups -OCH3 is 1. The van der Waals surface area contributed by atoms with Crippen LogP contribution in [-0.4, -0.2) is 75.7 Å². The molecular formula is C45H47Cl2N5O7. The van der Waals surface area contributed by atoms with E-state index in [1.807, 2.05) is 58.9 Å². The molecule has 0 spiro atoms. The van der Waals surface area contributed by atoms with Crippen LogP contribution in [0.15, 0.2) is 36.4 Å². The molecule has 14 heteroatoms. The van der Waals surface area contributed by atoms with Gasteiger partial charge in [0.25, 0.3) is 5.91 Å². The summed E-state index contributed by atoms with van der Waals surface area (Å²) >= 11 is 13.6. The number of benzene rings is 3. The number of aromatic carboxylic acids is 1. The number of fused-ring (bicyclic) bond motifs is 4. The molecule has 2 atom stereocenters. The predicted octanol–water partition coefficient (Wildman–Crippen LogP) is 9.55. The topological polar surface area (TPSA) is 130 Å². The van der Waals surface area contributed by atoms with E-state index in [4.69, 9.17) is 52.1 Å². The summed E-state index contributed by atoms with van der Waals surface area (Å²) in [6.45, 7) is 13.4. The van der Waals surface area contributed by atoms with Gasteiger partial charge in [0.05, 0.1) is 48.7 Å². The van der Waals surface area contributed by atoms with Crippen molar-refractivity contribution in [2.75, 3.05) is 38.4 Å². The summed E-state index contributed by atoms with van der Waals surface area (Å²) in [6, 6.07) is 10.9. The average Bonchev–Trinajstić information content (AvgIpc) is 3.91. The first kappa shape index (κ1) is 40.5. The predicted molar refractivity (Wildman–Crippen MR) is 230 cm³/mol. The monoisotopic (exact) mass is 839 g/mol. The first-order valence-electron chi connectivity index (χ1n) is 19.8. The van der Waals surface area contributed by atoms with Gasteiger partial charge < -0.3 is 38.1 Å². The highest BCUT2D eigenvalue weighted by Crippen LogP contribution is 2.48. The van der Waals surface area contributed by atoms with Gasteiger partial charge in [-0.2, -0.15) is 0 Å². The largest absolute Gasteiger partial charge is 0.494 e. The van der Waals surface area contributed by atoms with Gasteiger partial charge in [-0.25, -0.2) is 14.8 Å². The number of ether oxygens (including phenoxy) is 4. The van der Waals surface area contributed by atoms with Crippen molar-refractivity contribution in [2.24, 2.45) is 7.05 Å². The van der Waals surface area contributed by atoms with Crippen LogP contribution in [0.3, 0.4) is 0 Å². The number of hydrogen-bond acceptors (Lipinski definition) is 8. The number of aryl methyl sites for hydroxylation is 7. The Morgan fingerprint density at radius 3 is 2.34 bits per heavy atom. The molecule has 308 valence electrons. The second kappa shape index (κ2) is 15.7. The lowest BCUT2D eigenvalue weighted by molar-refractivity contribution is 0.0687. The van der Waals surface area contributed by atoms with Crippen molar-refractivity contribution in [3.8, 4) is 28.4 Å². The molecule has 5 heterocycles. The van der Waals surface area contributed by atoms with Crippen molar-refractivity contribution in [3.63, 3.8) is 0 Å². The minimum atomic E-state index is -1.11. The summed E-state index contributed by atoms with van der Waals surface area (Å²) < 4.78 is 28.0. The number of halogens is 2. The number of carboxylic acid groups (broad SMARTS) is 1. The molecule has 0 aliphatic carbocycles. The van der Waals surface area contributed by atoms with Crippen LogP contribution in [-0.2, 0) is 18.2 Å². The Morgan fingerprint density at radius 1 is 0.983 bits per heavy atom.